The van der Waals surface area contributed by atoms with E-state index >= 15 is 0 Å². The van der Waals surface area contributed by atoms with Crippen molar-refractivity contribution in [2.45, 2.75) is 19.4 Å². The molecule has 2 rings (SSSR count). The van der Waals surface area contributed by atoms with Gasteiger partial charge in [-0.05, 0) is 24.3 Å². The number of nitrogens with two attached hydrogens (primary N) is 1. The van der Waals surface area contributed by atoms with Crippen molar-refractivity contribution in [1.29, 1.82) is 0 Å². The Balaban J connectivity index is 1.65. The summed E-state index contributed by atoms with van der Waals surface area (Å²) in [4.78, 5) is 29.3. The number of hydrogen-bond acceptors (Lipinski definition) is 5. The van der Waals surface area contributed by atoms with E-state index in [0.717, 1.165) is 18.4 Å². The normalized spacial score (nSPS) is 15.3. The molecule has 0 aliphatic carbocycles. The minimum atomic E-state index is -0.284. The molecule has 1 heterocycles. The lowest BCUT2D eigenvalue weighted by molar-refractivity contribution is -0.126. The molecule has 23 heavy (non-hydrogen) atoms. The Hall–Kier alpha value is -2.12. The van der Waals surface area contributed by atoms with Crippen LogP contribution in [-0.2, 0) is 21.0 Å². The first-order valence-corrected chi connectivity index (χ1v) is 7.73. The highest BCUT2D eigenvalue weighted by Crippen LogP contribution is 2.17. The van der Waals surface area contributed by atoms with Crippen LogP contribution in [0.5, 0.6) is 0 Å². The lowest BCUT2D eigenvalue weighted by atomic mass is 9.97. The van der Waals surface area contributed by atoms with Gasteiger partial charge < -0.3 is 15.0 Å². The van der Waals surface area contributed by atoms with Crippen molar-refractivity contribution in [3.8, 4) is 0 Å². The quantitative estimate of drug-likeness (QED) is 0.764. The van der Waals surface area contributed by atoms with Gasteiger partial charge in [-0.3, -0.25) is 9.63 Å². The molecule has 0 saturated carbocycles. The predicted octanol–water partition coefficient (Wildman–Crippen LogP) is 1.04. The van der Waals surface area contributed by atoms with E-state index in [-0.39, 0.29) is 25.2 Å². The van der Waals surface area contributed by atoms with Gasteiger partial charge in [0, 0.05) is 19.6 Å². The minimum absolute atomic E-state index is 0.134. The topological polar surface area (TPSA) is 93.9 Å². The first-order valence-electron chi connectivity index (χ1n) is 7.73. The summed E-state index contributed by atoms with van der Waals surface area (Å²) in [5, 5.41) is 2.77. The molecule has 126 valence electrons. The third-order valence-electron chi connectivity index (χ3n) is 3.88. The summed E-state index contributed by atoms with van der Waals surface area (Å²) in [5.74, 6) is 4.97. The summed E-state index contributed by atoms with van der Waals surface area (Å²) in [5.41, 5.74) is 0.973. The Labute approximate surface area is 135 Å². The van der Waals surface area contributed by atoms with E-state index in [4.69, 9.17) is 10.6 Å². The number of hydrogen-bond donors (Lipinski definition) is 2. The van der Waals surface area contributed by atoms with Gasteiger partial charge in [-0.15, -0.1) is 0 Å². The third-order valence-corrected chi connectivity index (χ3v) is 3.88. The lowest BCUT2D eigenvalue weighted by Crippen LogP contribution is -2.42. The van der Waals surface area contributed by atoms with Crippen molar-refractivity contribution in [1.82, 2.24) is 10.2 Å². The number of likely N-dealkylation sites (tertiary alicyclic amines) is 1. The van der Waals surface area contributed by atoms with Crippen LogP contribution in [0.1, 0.15) is 18.4 Å². The Morgan fingerprint density at radius 3 is 2.57 bits per heavy atom. The maximum Gasteiger partial charge on any atom is 0.410 e. The Morgan fingerprint density at radius 2 is 1.91 bits per heavy atom. The SMILES string of the molecule is NOCC(=O)NCC1CCN(C(=O)OCc2ccccc2)CC1. The number of nitrogens with one attached hydrogen (secondary N) is 1. The van der Waals surface area contributed by atoms with Crippen LogP contribution in [0.2, 0.25) is 0 Å². The van der Waals surface area contributed by atoms with Gasteiger partial charge in [-0.1, -0.05) is 30.3 Å². The van der Waals surface area contributed by atoms with Gasteiger partial charge in [0.05, 0.1) is 0 Å². The summed E-state index contributed by atoms with van der Waals surface area (Å²) in [6.07, 6.45) is 1.39. The number of carbonyl (C=O) groups excluding carboxylic acids is 2. The van der Waals surface area contributed by atoms with Gasteiger partial charge in [0.2, 0.25) is 5.91 Å². The number of piperidine rings is 1. The Morgan fingerprint density at radius 1 is 1.22 bits per heavy atom. The maximum absolute atomic E-state index is 12.0. The summed E-state index contributed by atoms with van der Waals surface area (Å²) in [6, 6.07) is 9.60. The minimum Gasteiger partial charge on any atom is -0.445 e. The van der Waals surface area contributed by atoms with Crippen molar-refractivity contribution in [2.75, 3.05) is 26.2 Å². The first kappa shape index (κ1) is 17.2. The molecular formula is C16H23N3O4. The fraction of sp³-hybridized carbons (Fsp3) is 0.500. The molecule has 7 nitrogen and oxygen atoms in total. The van der Waals surface area contributed by atoms with Crippen molar-refractivity contribution in [3.05, 3.63) is 35.9 Å². The van der Waals surface area contributed by atoms with Crippen molar-refractivity contribution in [2.24, 2.45) is 11.8 Å². The molecule has 1 aromatic rings. The fourth-order valence-corrected chi connectivity index (χ4v) is 2.52. The van der Waals surface area contributed by atoms with E-state index in [1.54, 1.807) is 4.90 Å². The summed E-state index contributed by atoms with van der Waals surface area (Å²) in [6.45, 7) is 2.01. The number of ether oxygens (including phenoxy) is 1. The average molecular weight is 321 g/mol. The van der Waals surface area contributed by atoms with Gasteiger partial charge in [-0.25, -0.2) is 10.7 Å². The third kappa shape index (κ3) is 5.88. The van der Waals surface area contributed by atoms with Gasteiger partial charge in [0.1, 0.15) is 13.2 Å². The Kier molecular flexibility index (Phi) is 6.83. The zero-order chi connectivity index (χ0) is 16.5. The molecule has 0 unspecified atom stereocenters. The number of nitrogens with zero attached hydrogens (tertiary/aromatic N) is 1. The summed E-state index contributed by atoms with van der Waals surface area (Å²) >= 11 is 0. The van der Waals surface area contributed by atoms with Crippen molar-refractivity contribution in [3.63, 3.8) is 0 Å². The molecule has 2 amide bonds. The molecule has 0 spiro atoms. The van der Waals surface area contributed by atoms with E-state index in [0.29, 0.717) is 25.6 Å². The second-order valence-corrected chi connectivity index (χ2v) is 5.59. The predicted molar refractivity (Wildman–Crippen MR) is 84.1 cm³/mol. The number of rotatable bonds is 6. The second-order valence-electron chi connectivity index (χ2n) is 5.59. The number of benzene rings is 1. The summed E-state index contributed by atoms with van der Waals surface area (Å²) in [7, 11) is 0. The van der Waals surface area contributed by atoms with Crippen LogP contribution in [0.25, 0.3) is 0 Å². The van der Waals surface area contributed by atoms with Crippen LogP contribution >= 0.6 is 0 Å². The first-order chi connectivity index (χ1) is 11.2. The van der Waals surface area contributed by atoms with E-state index in [1.807, 2.05) is 30.3 Å². The molecule has 1 saturated heterocycles. The van der Waals surface area contributed by atoms with Crippen LogP contribution in [0.4, 0.5) is 4.79 Å². The monoisotopic (exact) mass is 321 g/mol. The van der Waals surface area contributed by atoms with Gasteiger partial charge >= 0.3 is 6.09 Å². The fourth-order valence-electron chi connectivity index (χ4n) is 2.52. The molecule has 1 aliphatic rings. The molecule has 0 bridgehead atoms. The summed E-state index contributed by atoms with van der Waals surface area (Å²) < 4.78 is 5.32. The molecule has 0 atom stereocenters. The highest BCUT2D eigenvalue weighted by Gasteiger charge is 2.24. The van der Waals surface area contributed by atoms with E-state index in [1.165, 1.54) is 0 Å². The molecule has 0 radical (unpaired) electrons. The lowest BCUT2D eigenvalue weighted by Gasteiger charge is -2.31. The molecule has 1 aliphatic heterocycles. The molecule has 7 heteroatoms. The maximum atomic E-state index is 12.0. The number of carbonyl (C=O) groups is 2. The second kappa shape index (κ2) is 9.12. The van der Waals surface area contributed by atoms with E-state index in [9.17, 15) is 9.59 Å². The molecule has 1 aromatic carbocycles. The average Bonchev–Trinajstić information content (AvgIpc) is 2.59. The zero-order valence-electron chi connectivity index (χ0n) is 13.1. The zero-order valence-corrected chi connectivity index (χ0v) is 13.1. The smallest absolute Gasteiger partial charge is 0.410 e. The molecule has 0 aromatic heterocycles. The van der Waals surface area contributed by atoms with Gasteiger partial charge in [0.25, 0.3) is 0 Å². The van der Waals surface area contributed by atoms with Crippen LogP contribution < -0.4 is 11.2 Å². The van der Waals surface area contributed by atoms with Gasteiger partial charge in [-0.2, -0.15) is 0 Å². The van der Waals surface area contributed by atoms with E-state index < -0.39 is 0 Å². The van der Waals surface area contributed by atoms with E-state index in [2.05, 4.69) is 10.2 Å². The Bertz CT molecular complexity index is 501. The highest BCUT2D eigenvalue weighted by atomic mass is 16.6. The van der Waals surface area contributed by atoms with Crippen LogP contribution in [0.3, 0.4) is 0 Å². The van der Waals surface area contributed by atoms with Crippen LogP contribution in [0, 0.1) is 5.92 Å². The van der Waals surface area contributed by atoms with Crippen molar-refractivity contribution >= 4 is 12.0 Å². The molecular weight excluding hydrogens is 298 g/mol. The standard InChI is InChI=1S/C16H23N3O4/c17-23-12-15(20)18-10-13-6-8-19(9-7-13)16(21)22-11-14-4-2-1-3-5-14/h1-5,13H,6-12,17H2,(H,18,20). The molecule has 3 N–H and O–H groups in total. The molecule has 1 fully saturated rings. The largest absolute Gasteiger partial charge is 0.445 e. The van der Waals surface area contributed by atoms with Crippen LogP contribution in [0.15, 0.2) is 30.3 Å². The van der Waals surface area contributed by atoms with Gasteiger partial charge in [0.15, 0.2) is 0 Å². The highest BCUT2D eigenvalue weighted by molar-refractivity contribution is 5.77. The van der Waals surface area contributed by atoms with Crippen LogP contribution in [-0.4, -0.2) is 43.1 Å². The van der Waals surface area contributed by atoms with Crippen molar-refractivity contribution < 1.29 is 19.2 Å². The number of amides is 2.